The maximum atomic E-state index is 10.1. The summed E-state index contributed by atoms with van der Waals surface area (Å²) < 4.78 is 5.66. The Morgan fingerprint density at radius 2 is 2.05 bits per heavy atom. The van der Waals surface area contributed by atoms with E-state index in [-0.39, 0.29) is 0 Å². The Labute approximate surface area is 127 Å². The predicted molar refractivity (Wildman–Crippen MR) is 85.3 cm³/mol. The second-order valence-corrected chi connectivity index (χ2v) is 6.78. The summed E-state index contributed by atoms with van der Waals surface area (Å²) in [6, 6.07) is 7.72. The van der Waals surface area contributed by atoms with Gasteiger partial charge in [-0.1, -0.05) is 26.0 Å². The van der Waals surface area contributed by atoms with Gasteiger partial charge in [-0.2, -0.15) is 0 Å². The lowest BCUT2D eigenvalue weighted by Gasteiger charge is -2.37. The van der Waals surface area contributed by atoms with Crippen LogP contribution in [0.5, 0.6) is 5.75 Å². The van der Waals surface area contributed by atoms with Crippen molar-refractivity contribution in [3.63, 3.8) is 0 Å². The number of nitrogens with two attached hydrogens (primary N) is 1. The molecule has 1 aromatic carbocycles. The van der Waals surface area contributed by atoms with Crippen molar-refractivity contribution in [2.75, 3.05) is 26.2 Å². The summed E-state index contributed by atoms with van der Waals surface area (Å²) in [6.45, 7) is 8.27. The summed E-state index contributed by atoms with van der Waals surface area (Å²) in [7, 11) is 0. The van der Waals surface area contributed by atoms with Crippen LogP contribution in [0.3, 0.4) is 0 Å². The van der Waals surface area contributed by atoms with Crippen molar-refractivity contribution in [1.29, 1.82) is 0 Å². The lowest BCUT2D eigenvalue weighted by molar-refractivity contribution is 0.0442. The van der Waals surface area contributed by atoms with E-state index in [2.05, 4.69) is 18.7 Å². The van der Waals surface area contributed by atoms with Gasteiger partial charge in [0.2, 0.25) is 0 Å². The molecule has 4 heteroatoms. The van der Waals surface area contributed by atoms with E-state index in [4.69, 9.17) is 10.5 Å². The molecule has 1 aliphatic rings. The Hall–Kier alpha value is -1.10. The molecular weight excluding hydrogens is 264 g/mol. The molecule has 0 radical (unpaired) electrons. The molecule has 3 N–H and O–H groups in total. The molecule has 1 fully saturated rings. The number of hydrogen-bond acceptors (Lipinski definition) is 4. The molecule has 1 atom stereocenters. The highest BCUT2D eigenvalue weighted by Gasteiger charge is 2.26. The second kappa shape index (κ2) is 7.25. The van der Waals surface area contributed by atoms with Crippen LogP contribution in [0.2, 0.25) is 0 Å². The Morgan fingerprint density at radius 3 is 2.71 bits per heavy atom. The normalized spacial score (nSPS) is 20.2. The van der Waals surface area contributed by atoms with Gasteiger partial charge in [-0.3, -0.25) is 0 Å². The number of nitrogens with zero attached hydrogens (tertiary/aromatic N) is 1. The number of ether oxygens (including phenoxy) is 1. The monoisotopic (exact) mass is 292 g/mol. The highest BCUT2D eigenvalue weighted by Crippen LogP contribution is 2.29. The summed E-state index contributed by atoms with van der Waals surface area (Å²) in [6.07, 6.45) is 1.94. The van der Waals surface area contributed by atoms with Crippen LogP contribution >= 0.6 is 0 Å². The van der Waals surface area contributed by atoms with Crippen molar-refractivity contribution >= 4 is 0 Å². The van der Waals surface area contributed by atoms with Crippen LogP contribution in [-0.4, -0.2) is 42.4 Å². The van der Waals surface area contributed by atoms with Crippen molar-refractivity contribution in [2.24, 2.45) is 11.1 Å². The number of aliphatic hydroxyl groups is 1. The quantitative estimate of drug-likeness (QED) is 0.842. The van der Waals surface area contributed by atoms with Crippen molar-refractivity contribution in [3.05, 3.63) is 29.8 Å². The molecule has 21 heavy (non-hydrogen) atoms. The summed E-state index contributed by atoms with van der Waals surface area (Å²) in [5.74, 6) is 0.775. The van der Waals surface area contributed by atoms with Crippen LogP contribution in [0.25, 0.3) is 0 Å². The Morgan fingerprint density at radius 1 is 1.33 bits per heavy atom. The molecule has 1 unspecified atom stereocenters. The number of rotatable bonds is 6. The molecule has 118 valence electrons. The average Bonchev–Trinajstić information content (AvgIpc) is 2.48. The fourth-order valence-corrected chi connectivity index (χ4v) is 2.65. The molecule has 0 amide bonds. The van der Waals surface area contributed by atoms with Crippen molar-refractivity contribution in [3.8, 4) is 5.75 Å². The van der Waals surface area contributed by atoms with Crippen LogP contribution in [0, 0.1) is 5.41 Å². The number of likely N-dealkylation sites (tertiary alicyclic amines) is 1. The van der Waals surface area contributed by atoms with Crippen LogP contribution in [0.1, 0.15) is 32.3 Å². The molecule has 1 aliphatic heterocycles. The zero-order valence-electron chi connectivity index (χ0n) is 13.2. The lowest BCUT2D eigenvalue weighted by Crippen LogP contribution is -2.42. The first-order valence-corrected chi connectivity index (χ1v) is 7.81. The predicted octanol–water partition coefficient (Wildman–Crippen LogP) is 2.01. The first kappa shape index (κ1) is 16.3. The standard InChI is InChI=1S/C17H28N2O2/c1-17(2)6-8-19(9-7-17)12-15(20)13-21-16-5-3-4-14(10-16)11-18/h3-5,10,15,20H,6-9,11-13,18H2,1-2H3. The minimum atomic E-state index is -0.451. The number of hydrogen-bond donors (Lipinski definition) is 2. The maximum Gasteiger partial charge on any atom is 0.119 e. The van der Waals surface area contributed by atoms with Gasteiger partial charge in [-0.15, -0.1) is 0 Å². The Kier molecular flexibility index (Phi) is 5.62. The smallest absolute Gasteiger partial charge is 0.119 e. The van der Waals surface area contributed by atoms with Gasteiger partial charge in [0.1, 0.15) is 18.5 Å². The summed E-state index contributed by atoms with van der Waals surface area (Å²) >= 11 is 0. The molecule has 2 rings (SSSR count). The van der Waals surface area contributed by atoms with Gasteiger partial charge in [0.15, 0.2) is 0 Å². The first-order valence-electron chi connectivity index (χ1n) is 7.81. The molecule has 1 saturated heterocycles. The molecule has 0 bridgehead atoms. The van der Waals surface area contributed by atoms with Gasteiger partial charge in [0.25, 0.3) is 0 Å². The van der Waals surface area contributed by atoms with E-state index in [0.717, 1.165) is 24.4 Å². The number of β-amino-alcohol motifs (C(OH)–C–C–N with tert-alkyl or cyclic N) is 1. The molecule has 0 aromatic heterocycles. The molecule has 0 aliphatic carbocycles. The van der Waals surface area contributed by atoms with E-state index in [1.807, 2.05) is 24.3 Å². The van der Waals surface area contributed by atoms with Gasteiger partial charge in [-0.25, -0.2) is 0 Å². The molecule has 1 heterocycles. The van der Waals surface area contributed by atoms with E-state index >= 15 is 0 Å². The topological polar surface area (TPSA) is 58.7 Å². The highest BCUT2D eigenvalue weighted by atomic mass is 16.5. The SMILES string of the molecule is CC1(C)CCN(CC(O)COc2cccc(CN)c2)CC1. The molecule has 4 nitrogen and oxygen atoms in total. The van der Waals surface area contributed by atoms with E-state index < -0.39 is 6.10 Å². The van der Waals surface area contributed by atoms with Gasteiger partial charge >= 0.3 is 0 Å². The maximum absolute atomic E-state index is 10.1. The summed E-state index contributed by atoms with van der Waals surface area (Å²) in [4.78, 5) is 2.33. The summed E-state index contributed by atoms with van der Waals surface area (Å²) in [5, 5.41) is 10.1. The second-order valence-electron chi connectivity index (χ2n) is 6.78. The van der Waals surface area contributed by atoms with E-state index in [9.17, 15) is 5.11 Å². The van der Waals surface area contributed by atoms with Crippen molar-refractivity contribution < 1.29 is 9.84 Å². The Bertz CT molecular complexity index is 438. The minimum absolute atomic E-state index is 0.327. The van der Waals surface area contributed by atoms with E-state index in [1.54, 1.807) is 0 Å². The third-order valence-corrected chi connectivity index (χ3v) is 4.26. The van der Waals surface area contributed by atoms with Gasteiger partial charge < -0.3 is 20.5 Å². The van der Waals surface area contributed by atoms with Crippen LogP contribution in [-0.2, 0) is 6.54 Å². The third kappa shape index (κ3) is 5.30. The molecular formula is C17H28N2O2. The van der Waals surface area contributed by atoms with Crippen LogP contribution in [0.15, 0.2) is 24.3 Å². The largest absolute Gasteiger partial charge is 0.491 e. The fourth-order valence-electron chi connectivity index (χ4n) is 2.65. The number of aliphatic hydroxyl groups excluding tert-OH is 1. The molecule has 1 aromatic rings. The van der Waals surface area contributed by atoms with Gasteiger partial charge in [0, 0.05) is 13.1 Å². The zero-order chi connectivity index (χ0) is 15.3. The third-order valence-electron chi connectivity index (χ3n) is 4.26. The van der Waals surface area contributed by atoms with Crippen molar-refractivity contribution in [1.82, 2.24) is 4.90 Å². The van der Waals surface area contributed by atoms with Crippen LogP contribution in [0.4, 0.5) is 0 Å². The fraction of sp³-hybridized carbons (Fsp3) is 0.647. The van der Waals surface area contributed by atoms with E-state index in [0.29, 0.717) is 25.1 Å². The van der Waals surface area contributed by atoms with Gasteiger partial charge in [-0.05, 0) is 49.0 Å². The number of benzene rings is 1. The number of piperidine rings is 1. The zero-order valence-corrected chi connectivity index (χ0v) is 13.2. The first-order chi connectivity index (χ1) is 9.98. The summed E-state index contributed by atoms with van der Waals surface area (Å²) in [5.41, 5.74) is 7.10. The molecule has 0 spiro atoms. The van der Waals surface area contributed by atoms with Crippen molar-refractivity contribution in [2.45, 2.75) is 39.3 Å². The Balaban J connectivity index is 1.73. The lowest BCUT2D eigenvalue weighted by atomic mass is 9.82. The van der Waals surface area contributed by atoms with Gasteiger partial charge in [0.05, 0.1) is 0 Å². The molecule has 0 saturated carbocycles. The average molecular weight is 292 g/mol. The minimum Gasteiger partial charge on any atom is -0.491 e. The van der Waals surface area contributed by atoms with Crippen LogP contribution < -0.4 is 10.5 Å². The highest BCUT2D eigenvalue weighted by molar-refractivity contribution is 5.28. The van der Waals surface area contributed by atoms with E-state index in [1.165, 1.54) is 12.8 Å².